The highest BCUT2D eigenvalue weighted by molar-refractivity contribution is 6.08. The lowest BCUT2D eigenvalue weighted by Crippen LogP contribution is -2.19. The molecular weight excluding hydrogens is 262 g/mol. The van der Waals surface area contributed by atoms with Crippen molar-refractivity contribution in [2.75, 3.05) is 5.32 Å². The zero-order chi connectivity index (χ0) is 14.5. The van der Waals surface area contributed by atoms with Gasteiger partial charge in [0.05, 0.1) is 0 Å². The number of nitrogens with one attached hydrogen (secondary N) is 1. The summed E-state index contributed by atoms with van der Waals surface area (Å²) in [7, 11) is 0. The van der Waals surface area contributed by atoms with Crippen LogP contribution in [-0.4, -0.2) is 33.2 Å². The second kappa shape index (κ2) is 5.70. The third-order valence-electron chi connectivity index (χ3n) is 2.42. The molecule has 7 heteroatoms. The molecule has 0 aliphatic rings. The number of carbonyl (C=O) groups excluding carboxylic acids is 2. The van der Waals surface area contributed by atoms with Crippen LogP contribution in [0, 0.1) is 0 Å². The van der Waals surface area contributed by atoms with E-state index in [1.165, 1.54) is 36.7 Å². The fraction of sp³-hybridized carbons (Fsp3) is 0. The van der Waals surface area contributed by atoms with E-state index in [1.54, 1.807) is 0 Å². The van der Waals surface area contributed by atoms with Gasteiger partial charge in [0.25, 0.3) is 5.91 Å². The predicted octanol–water partition coefficient (Wildman–Crippen LogP) is 1.24. The first kappa shape index (κ1) is 13.3. The van der Waals surface area contributed by atoms with Crippen molar-refractivity contribution in [1.29, 1.82) is 0 Å². The van der Waals surface area contributed by atoms with Crippen molar-refractivity contribution in [2.45, 2.75) is 0 Å². The minimum absolute atomic E-state index is 0.278. The number of aromatic nitrogens is 2. The number of hydrogen-bond donors (Lipinski definition) is 2. The van der Waals surface area contributed by atoms with Crippen LogP contribution in [-0.2, 0) is 0 Å². The second-order valence-electron chi connectivity index (χ2n) is 3.75. The predicted molar refractivity (Wildman–Crippen MR) is 68.8 cm³/mol. The molecule has 0 fully saturated rings. The first-order valence-corrected chi connectivity index (χ1v) is 5.52. The van der Waals surface area contributed by atoms with Crippen molar-refractivity contribution in [1.82, 2.24) is 9.97 Å². The van der Waals surface area contributed by atoms with Gasteiger partial charge in [-0.15, -0.1) is 0 Å². The van der Waals surface area contributed by atoms with Crippen molar-refractivity contribution < 1.29 is 19.5 Å². The number of hydrogen-bond acceptors (Lipinski definition) is 5. The Labute approximate surface area is 113 Å². The van der Waals surface area contributed by atoms with Gasteiger partial charge in [-0.25, -0.2) is 14.8 Å². The molecular formula is C13H9N3O4. The summed E-state index contributed by atoms with van der Waals surface area (Å²) < 4.78 is 0. The molecule has 1 aromatic heterocycles. The summed E-state index contributed by atoms with van der Waals surface area (Å²) >= 11 is 0. The number of carbonyl (C=O) groups is 3. The first-order chi connectivity index (χ1) is 9.61. The molecule has 2 rings (SSSR count). The van der Waals surface area contributed by atoms with E-state index in [9.17, 15) is 14.4 Å². The van der Waals surface area contributed by atoms with Gasteiger partial charge in [0.15, 0.2) is 11.4 Å². The molecule has 0 aliphatic carbocycles. The summed E-state index contributed by atoms with van der Waals surface area (Å²) in [5, 5.41) is 11.4. The standard InChI is InChI=1S/C13H9N3O4/c17-7-8-1-3-9(4-2-8)16-12(18)10-11(13(19)20)15-6-5-14-10/h1-7H,(H,16,18)(H,19,20). The molecule has 7 nitrogen and oxygen atoms in total. The maximum Gasteiger partial charge on any atom is 0.356 e. The van der Waals surface area contributed by atoms with Crippen LogP contribution < -0.4 is 5.32 Å². The van der Waals surface area contributed by atoms with Crippen LogP contribution in [0.4, 0.5) is 5.69 Å². The molecule has 0 atom stereocenters. The molecule has 0 saturated carbocycles. The number of nitrogens with zero attached hydrogens (tertiary/aromatic N) is 2. The van der Waals surface area contributed by atoms with Crippen molar-refractivity contribution in [3.63, 3.8) is 0 Å². The van der Waals surface area contributed by atoms with Crippen LogP contribution in [0.3, 0.4) is 0 Å². The van der Waals surface area contributed by atoms with Crippen LogP contribution in [0.25, 0.3) is 0 Å². The van der Waals surface area contributed by atoms with Gasteiger partial charge in [-0.2, -0.15) is 0 Å². The molecule has 20 heavy (non-hydrogen) atoms. The Morgan fingerprint density at radius 3 is 2.20 bits per heavy atom. The number of carboxylic acids is 1. The van der Waals surface area contributed by atoms with Crippen LogP contribution in [0.2, 0.25) is 0 Å². The molecule has 1 amide bonds. The van der Waals surface area contributed by atoms with E-state index in [1.807, 2.05) is 0 Å². The summed E-state index contributed by atoms with van der Waals surface area (Å²) in [4.78, 5) is 40.7. The molecule has 1 heterocycles. The van der Waals surface area contributed by atoms with E-state index in [2.05, 4.69) is 15.3 Å². The highest BCUT2D eigenvalue weighted by Crippen LogP contribution is 2.11. The molecule has 2 N–H and O–H groups in total. The molecule has 1 aromatic carbocycles. The number of anilines is 1. The van der Waals surface area contributed by atoms with Crippen LogP contribution in [0.5, 0.6) is 0 Å². The largest absolute Gasteiger partial charge is 0.476 e. The van der Waals surface area contributed by atoms with Crippen molar-refractivity contribution >= 4 is 23.9 Å². The highest BCUT2D eigenvalue weighted by Gasteiger charge is 2.19. The fourth-order valence-electron chi connectivity index (χ4n) is 1.50. The number of amides is 1. The van der Waals surface area contributed by atoms with E-state index in [-0.39, 0.29) is 5.69 Å². The summed E-state index contributed by atoms with van der Waals surface area (Å²) in [6.45, 7) is 0. The number of benzene rings is 1. The lowest BCUT2D eigenvalue weighted by Gasteiger charge is -2.06. The third-order valence-corrected chi connectivity index (χ3v) is 2.42. The second-order valence-corrected chi connectivity index (χ2v) is 3.75. The Bertz CT molecular complexity index is 668. The van der Waals surface area contributed by atoms with Crippen LogP contribution in [0.1, 0.15) is 31.3 Å². The summed E-state index contributed by atoms with van der Waals surface area (Å²) in [6.07, 6.45) is 3.10. The average molecular weight is 271 g/mol. The quantitative estimate of drug-likeness (QED) is 0.809. The smallest absolute Gasteiger partial charge is 0.356 e. The molecule has 0 spiro atoms. The monoisotopic (exact) mass is 271 g/mol. The van der Waals surface area contributed by atoms with Gasteiger partial charge in [0.2, 0.25) is 0 Å². The zero-order valence-corrected chi connectivity index (χ0v) is 10.1. The molecule has 0 radical (unpaired) electrons. The van der Waals surface area contributed by atoms with E-state index in [4.69, 9.17) is 5.11 Å². The SMILES string of the molecule is O=Cc1ccc(NC(=O)c2nccnc2C(=O)O)cc1. The molecule has 0 unspecified atom stereocenters. The van der Waals surface area contributed by atoms with Gasteiger partial charge in [-0.05, 0) is 24.3 Å². The molecule has 0 saturated heterocycles. The molecule has 100 valence electrons. The Balaban J connectivity index is 2.23. The summed E-state index contributed by atoms with van der Waals surface area (Å²) in [5.41, 5.74) is 0.185. The van der Waals surface area contributed by atoms with Crippen molar-refractivity contribution in [2.24, 2.45) is 0 Å². The van der Waals surface area contributed by atoms with Gasteiger partial charge in [0.1, 0.15) is 6.29 Å². The number of aldehydes is 1. The summed E-state index contributed by atoms with van der Waals surface area (Å²) in [6, 6.07) is 6.10. The van der Waals surface area contributed by atoms with Crippen molar-refractivity contribution in [3.05, 3.63) is 53.6 Å². The lowest BCUT2D eigenvalue weighted by molar-refractivity contribution is 0.0684. The maximum atomic E-state index is 11.9. The van der Waals surface area contributed by atoms with Crippen molar-refractivity contribution in [3.8, 4) is 0 Å². The number of aromatic carboxylic acids is 1. The Morgan fingerprint density at radius 1 is 1.05 bits per heavy atom. The Hall–Kier alpha value is -3.09. The minimum Gasteiger partial charge on any atom is -0.476 e. The third kappa shape index (κ3) is 2.83. The molecule has 2 aromatic rings. The van der Waals surface area contributed by atoms with E-state index >= 15 is 0 Å². The number of rotatable bonds is 4. The minimum atomic E-state index is -1.33. The van der Waals surface area contributed by atoms with Crippen LogP contribution in [0.15, 0.2) is 36.7 Å². The Morgan fingerprint density at radius 2 is 1.65 bits per heavy atom. The zero-order valence-electron chi connectivity index (χ0n) is 10.1. The first-order valence-electron chi connectivity index (χ1n) is 5.52. The van der Waals surface area contributed by atoms with Crippen LogP contribution >= 0.6 is 0 Å². The maximum absolute atomic E-state index is 11.9. The van der Waals surface area contributed by atoms with Gasteiger partial charge in [-0.1, -0.05) is 0 Å². The van der Waals surface area contributed by atoms with Gasteiger partial charge in [0, 0.05) is 23.6 Å². The fourth-order valence-corrected chi connectivity index (χ4v) is 1.50. The van der Waals surface area contributed by atoms with E-state index in [0.717, 1.165) is 0 Å². The van der Waals surface area contributed by atoms with Gasteiger partial charge < -0.3 is 10.4 Å². The highest BCUT2D eigenvalue weighted by atomic mass is 16.4. The molecule has 0 bridgehead atoms. The Kier molecular flexibility index (Phi) is 3.80. The molecule has 0 aliphatic heterocycles. The topological polar surface area (TPSA) is 109 Å². The lowest BCUT2D eigenvalue weighted by atomic mass is 10.2. The normalized spacial score (nSPS) is 9.80. The average Bonchev–Trinajstić information content (AvgIpc) is 2.48. The van der Waals surface area contributed by atoms with Gasteiger partial charge >= 0.3 is 5.97 Å². The van der Waals surface area contributed by atoms with Gasteiger partial charge in [-0.3, -0.25) is 9.59 Å². The van der Waals surface area contributed by atoms with E-state index < -0.39 is 17.6 Å². The van der Waals surface area contributed by atoms with E-state index in [0.29, 0.717) is 17.5 Å². The number of carboxylic acid groups (broad SMARTS) is 1. The summed E-state index contributed by atoms with van der Waals surface area (Å²) in [5.74, 6) is -2.02.